The van der Waals surface area contributed by atoms with Crippen LogP contribution in [0.25, 0.3) is 0 Å². The summed E-state index contributed by atoms with van der Waals surface area (Å²) in [5.74, 6) is 1.04. The summed E-state index contributed by atoms with van der Waals surface area (Å²) in [6.07, 6.45) is 1.98. The van der Waals surface area contributed by atoms with Gasteiger partial charge in [-0.3, -0.25) is 4.79 Å². The van der Waals surface area contributed by atoms with Crippen molar-refractivity contribution in [1.82, 2.24) is 4.90 Å². The summed E-state index contributed by atoms with van der Waals surface area (Å²) in [7, 11) is 0. The third-order valence-electron chi connectivity index (χ3n) is 3.60. The Bertz CT molecular complexity index is 499. The van der Waals surface area contributed by atoms with E-state index in [9.17, 15) is 4.79 Å². The minimum atomic E-state index is 0.114. The minimum Gasteiger partial charge on any atom is -0.493 e. The van der Waals surface area contributed by atoms with Gasteiger partial charge in [-0.15, -0.1) is 0 Å². The van der Waals surface area contributed by atoms with E-state index in [1.807, 2.05) is 36.1 Å². The number of nitriles is 1. The first-order valence-electron chi connectivity index (χ1n) is 7.06. The Kier molecular flexibility index (Phi) is 5.00. The Morgan fingerprint density at radius 2 is 2.20 bits per heavy atom. The Morgan fingerprint density at radius 3 is 2.85 bits per heavy atom. The molecular weight excluding hydrogens is 252 g/mol. The van der Waals surface area contributed by atoms with Gasteiger partial charge in [-0.1, -0.05) is 12.1 Å². The Labute approximate surface area is 120 Å². The highest BCUT2D eigenvalue weighted by molar-refractivity contribution is 5.76. The highest BCUT2D eigenvalue weighted by Gasteiger charge is 2.22. The first kappa shape index (κ1) is 14.4. The van der Waals surface area contributed by atoms with Crippen LogP contribution in [0.1, 0.15) is 24.8 Å². The van der Waals surface area contributed by atoms with Gasteiger partial charge in [0.1, 0.15) is 5.75 Å². The smallest absolute Gasteiger partial charge is 0.225 e. The molecule has 0 aliphatic carbocycles. The van der Waals surface area contributed by atoms with Crippen LogP contribution in [-0.4, -0.2) is 30.5 Å². The van der Waals surface area contributed by atoms with Gasteiger partial charge in [0.05, 0.1) is 19.1 Å². The van der Waals surface area contributed by atoms with Gasteiger partial charge in [-0.25, -0.2) is 0 Å². The van der Waals surface area contributed by atoms with Gasteiger partial charge in [0.15, 0.2) is 0 Å². The number of hydrogen-bond acceptors (Lipinski definition) is 3. The van der Waals surface area contributed by atoms with E-state index in [0.717, 1.165) is 24.2 Å². The maximum atomic E-state index is 12.0. The third kappa shape index (κ3) is 3.99. The van der Waals surface area contributed by atoms with Crippen LogP contribution in [-0.2, 0) is 4.79 Å². The second-order valence-electron chi connectivity index (χ2n) is 5.20. The molecule has 0 spiro atoms. The molecule has 4 nitrogen and oxygen atoms in total. The molecule has 1 aliphatic heterocycles. The molecule has 0 N–H and O–H groups in total. The molecule has 106 valence electrons. The molecule has 1 heterocycles. The lowest BCUT2D eigenvalue weighted by atomic mass is 9.98. The number of ether oxygens (including phenoxy) is 1. The average Bonchev–Trinajstić information content (AvgIpc) is 2.47. The Morgan fingerprint density at radius 1 is 1.45 bits per heavy atom. The van der Waals surface area contributed by atoms with Crippen LogP contribution >= 0.6 is 0 Å². The summed E-state index contributed by atoms with van der Waals surface area (Å²) in [5.41, 5.74) is 1.15. The summed E-state index contributed by atoms with van der Waals surface area (Å²) < 4.78 is 5.59. The van der Waals surface area contributed by atoms with Gasteiger partial charge in [-0.05, 0) is 37.5 Å². The number of hydrogen-bond donors (Lipinski definition) is 0. The van der Waals surface area contributed by atoms with Crippen LogP contribution in [0.3, 0.4) is 0 Å². The molecule has 0 atom stereocenters. The number of likely N-dealkylation sites (tertiary alicyclic amines) is 1. The summed E-state index contributed by atoms with van der Waals surface area (Å²) in [6.45, 7) is 3.81. The SMILES string of the molecule is Cc1cccc(OCCC(=O)N2CCC(C#N)CC2)c1. The van der Waals surface area contributed by atoms with Crippen molar-refractivity contribution < 1.29 is 9.53 Å². The second kappa shape index (κ2) is 6.95. The molecule has 0 aromatic heterocycles. The van der Waals surface area contributed by atoms with Crippen molar-refractivity contribution in [3.8, 4) is 11.8 Å². The number of amides is 1. The molecular formula is C16H20N2O2. The predicted octanol–water partition coefficient (Wildman–Crippen LogP) is 2.53. The molecule has 1 saturated heterocycles. The van der Waals surface area contributed by atoms with Crippen molar-refractivity contribution in [3.05, 3.63) is 29.8 Å². The van der Waals surface area contributed by atoms with E-state index >= 15 is 0 Å². The molecule has 0 unspecified atom stereocenters. The van der Waals surface area contributed by atoms with Crippen LogP contribution in [0.15, 0.2) is 24.3 Å². The molecule has 0 saturated carbocycles. The lowest BCUT2D eigenvalue weighted by molar-refractivity contribution is -0.132. The summed E-state index contributed by atoms with van der Waals surface area (Å²) >= 11 is 0. The van der Waals surface area contributed by atoms with E-state index < -0.39 is 0 Å². The number of carbonyl (C=O) groups is 1. The van der Waals surface area contributed by atoms with E-state index in [1.165, 1.54) is 0 Å². The third-order valence-corrected chi connectivity index (χ3v) is 3.60. The van der Waals surface area contributed by atoms with Gasteiger partial charge >= 0.3 is 0 Å². The molecule has 0 radical (unpaired) electrons. The maximum Gasteiger partial charge on any atom is 0.225 e. The molecule has 1 aromatic carbocycles. The average molecular weight is 272 g/mol. The van der Waals surface area contributed by atoms with Crippen molar-refractivity contribution in [2.75, 3.05) is 19.7 Å². The lowest BCUT2D eigenvalue weighted by Crippen LogP contribution is -2.38. The van der Waals surface area contributed by atoms with Gasteiger partial charge in [0, 0.05) is 19.0 Å². The quantitative estimate of drug-likeness (QED) is 0.846. The first-order chi connectivity index (χ1) is 9.69. The largest absolute Gasteiger partial charge is 0.493 e. The van der Waals surface area contributed by atoms with Crippen molar-refractivity contribution in [1.29, 1.82) is 5.26 Å². The van der Waals surface area contributed by atoms with E-state index in [-0.39, 0.29) is 11.8 Å². The Hall–Kier alpha value is -2.02. The number of carbonyl (C=O) groups excluding carboxylic acids is 1. The predicted molar refractivity (Wildman–Crippen MR) is 76.2 cm³/mol. The van der Waals surface area contributed by atoms with Crippen LogP contribution in [0.4, 0.5) is 0 Å². The lowest BCUT2D eigenvalue weighted by Gasteiger charge is -2.29. The molecule has 2 rings (SSSR count). The Balaban J connectivity index is 1.72. The molecule has 1 fully saturated rings. The fourth-order valence-electron chi connectivity index (χ4n) is 2.38. The van der Waals surface area contributed by atoms with E-state index in [0.29, 0.717) is 26.1 Å². The van der Waals surface area contributed by atoms with Gasteiger partial charge in [0.2, 0.25) is 5.91 Å². The van der Waals surface area contributed by atoms with Crippen molar-refractivity contribution >= 4 is 5.91 Å². The number of benzene rings is 1. The zero-order valence-electron chi connectivity index (χ0n) is 11.8. The highest BCUT2D eigenvalue weighted by atomic mass is 16.5. The van der Waals surface area contributed by atoms with E-state index in [4.69, 9.17) is 10.00 Å². The fraction of sp³-hybridized carbons (Fsp3) is 0.500. The van der Waals surface area contributed by atoms with Gasteiger partial charge in [-0.2, -0.15) is 5.26 Å². The second-order valence-corrected chi connectivity index (χ2v) is 5.20. The molecule has 4 heteroatoms. The number of nitrogens with zero attached hydrogens (tertiary/aromatic N) is 2. The van der Waals surface area contributed by atoms with Gasteiger partial charge in [0.25, 0.3) is 0 Å². The number of piperidine rings is 1. The van der Waals surface area contributed by atoms with E-state index in [2.05, 4.69) is 6.07 Å². The molecule has 1 aliphatic rings. The van der Waals surface area contributed by atoms with E-state index in [1.54, 1.807) is 0 Å². The molecule has 20 heavy (non-hydrogen) atoms. The topological polar surface area (TPSA) is 53.3 Å². The zero-order valence-corrected chi connectivity index (χ0v) is 11.8. The highest BCUT2D eigenvalue weighted by Crippen LogP contribution is 2.17. The van der Waals surface area contributed by atoms with Crippen molar-refractivity contribution in [2.24, 2.45) is 5.92 Å². The monoisotopic (exact) mass is 272 g/mol. The van der Waals surface area contributed by atoms with Crippen molar-refractivity contribution in [2.45, 2.75) is 26.2 Å². The number of aryl methyl sites for hydroxylation is 1. The van der Waals surface area contributed by atoms with Crippen LogP contribution < -0.4 is 4.74 Å². The number of rotatable bonds is 4. The normalized spacial score (nSPS) is 15.7. The van der Waals surface area contributed by atoms with Gasteiger partial charge < -0.3 is 9.64 Å². The molecule has 1 amide bonds. The standard InChI is InChI=1S/C16H20N2O2/c1-13-3-2-4-15(11-13)20-10-7-16(19)18-8-5-14(12-17)6-9-18/h2-4,11,14H,5-10H2,1H3. The minimum absolute atomic E-state index is 0.114. The maximum absolute atomic E-state index is 12.0. The molecule has 1 aromatic rings. The zero-order chi connectivity index (χ0) is 14.4. The summed E-state index contributed by atoms with van der Waals surface area (Å²) in [5, 5.41) is 8.83. The summed E-state index contributed by atoms with van der Waals surface area (Å²) in [4.78, 5) is 13.9. The fourth-order valence-corrected chi connectivity index (χ4v) is 2.38. The van der Waals surface area contributed by atoms with Crippen molar-refractivity contribution in [3.63, 3.8) is 0 Å². The van der Waals surface area contributed by atoms with Crippen LogP contribution in [0, 0.1) is 24.2 Å². The van der Waals surface area contributed by atoms with Crippen LogP contribution in [0.5, 0.6) is 5.75 Å². The summed E-state index contributed by atoms with van der Waals surface area (Å²) in [6, 6.07) is 10.1. The van der Waals surface area contributed by atoms with Crippen LogP contribution in [0.2, 0.25) is 0 Å². The molecule has 0 bridgehead atoms. The first-order valence-corrected chi connectivity index (χ1v) is 7.06.